The van der Waals surface area contributed by atoms with Crippen molar-refractivity contribution in [2.75, 3.05) is 17.9 Å². The molecule has 0 aromatic heterocycles. The first-order chi connectivity index (χ1) is 20.1. The van der Waals surface area contributed by atoms with Crippen LogP contribution in [0.25, 0.3) is 0 Å². The molecule has 218 valence electrons. The molecule has 0 spiro atoms. The van der Waals surface area contributed by atoms with Gasteiger partial charge in [0.25, 0.3) is 10.0 Å². The number of aryl methyl sites for hydroxylation is 2. The lowest BCUT2D eigenvalue weighted by atomic mass is 10.0. The van der Waals surface area contributed by atoms with Crippen molar-refractivity contribution in [3.8, 4) is 0 Å². The van der Waals surface area contributed by atoms with Gasteiger partial charge in [0.05, 0.1) is 10.6 Å². The number of nitrogens with one attached hydrogen (secondary N) is 1. The van der Waals surface area contributed by atoms with Crippen molar-refractivity contribution in [3.63, 3.8) is 0 Å². The summed E-state index contributed by atoms with van der Waals surface area (Å²) in [7, 11) is -2.66. The largest absolute Gasteiger partial charge is 0.357 e. The van der Waals surface area contributed by atoms with Crippen molar-refractivity contribution in [1.82, 2.24) is 10.2 Å². The van der Waals surface area contributed by atoms with Crippen molar-refractivity contribution < 1.29 is 18.0 Å². The number of carbonyl (C=O) groups excluding carboxylic acids is 2. The van der Waals surface area contributed by atoms with Gasteiger partial charge < -0.3 is 10.2 Å². The Labute approximate surface area is 252 Å². The first-order valence-electron chi connectivity index (χ1n) is 13.5. The number of carbonyl (C=O) groups is 2. The monoisotopic (exact) mass is 603 g/mol. The Bertz CT molecular complexity index is 1630. The number of likely N-dealkylation sites (N-methyl/N-ethyl adjacent to an activating group) is 1. The molecule has 0 bridgehead atoms. The molecule has 2 amide bonds. The highest BCUT2D eigenvalue weighted by Gasteiger charge is 2.34. The van der Waals surface area contributed by atoms with Crippen LogP contribution < -0.4 is 9.62 Å². The average Bonchev–Trinajstić information content (AvgIpc) is 2.99. The molecule has 0 radical (unpaired) electrons. The number of hydrogen-bond acceptors (Lipinski definition) is 4. The third kappa shape index (κ3) is 7.38. The number of anilines is 1. The molecule has 0 aliphatic heterocycles. The third-order valence-corrected chi connectivity index (χ3v) is 9.24. The van der Waals surface area contributed by atoms with Gasteiger partial charge in [-0.3, -0.25) is 13.9 Å². The number of benzene rings is 4. The summed E-state index contributed by atoms with van der Waals surface area (Å²) in [5.41, 5.74) is 3.59. The Kier molecular flexibility index (Phi) is 10.0. The van der Waals surface area contributed by atoms with Crippen LogP contribution in [0.15, 0.2) is 108 Å². The molecule has 1 N–H and O–H groups in total. The first-order valence-corrected chi connectivity index (χ1v) is 15.4. The summed E-state index contributed by atoms with van der Waals surface area (Å²) in [6, 6.07) is 29.1. The molecule has 0 heterocycles. The second-order valence-corrected chi connectivity index (χ2v) is 12.4. The smallest absolute Gasteiger partial charge is 0.264 e. The SMILES string of the molecule is CNC(=O)[C@@H](Cc1ccccc1)N(Cc1ccccc1)C(=O)CN(c1ccc(C)c(Cl)c1)S(=O)(=O)c1ccc(C)cc1. The lowest BCUT2D eigenvalue weighted by molar-refractivity contribution is -0.139. The normalized spacial score (nSPS) is 11.9. The molecule has 0 saturated heterocycles. The molecule has 0 aliphatic rings. The topological polar surface area (TPSA) is 86.8 Å². The van der Waals surface area contributed by atoms with E-state index in [0.717, 1.165) is 26.6 Å². The molecule has 4 rings (SSSR count). The molecule has 1 atom stereocenters. The van der Waals surface area contributed by atoms with Crippen LogP contribution >= 0.6 is 11.6 Å². The zero-order valence-corrected chi connectivity index (χ0v) is 25.4. The minimum absolute atomic E-state index is 0.0411. The van der Waals surface area contributed by atoms with Crippen LogP contribution in [-0.4, -0.2) is 44.8 Å². The van der Waals surface area contributed by atoms with Crippen LogP contribution in [0.4, 0.5) is 5.69 Å². The number of rotatable bonds is 11. The van der Waals surface area contributed by atoms with Gasteiger partial charge in [-0.15, -0.1) is 0 Å². The summed E-state index contributed by atoms with van der Waals surface area (Å²) < 4.78 is 29.1. The van der Waals surface area contributed by atoms with Gasteiger partial charge >= 0.3 is 0 Å². The van der Waals surface area contributed by atoms with Gasteiger partial charge in [0.1, 0.15) is 12.6 Å². The molecule has 0 saturated carbocycles. The van der Waals surface area contributed by atoms with E-state index in [0.29, 0.717) is 5.02 Å². The fourth-order valence-corrected chi connectivity index (χ4v) is 6.18. The van der Waals surface area contributed by atoms with Crippen molar-refractivity contribution in [2.45, 2.75) is 37.8 Å². The number of nitrogens with zero attached hydrogens (tertiary/aromatic N) is 2. The number of halogens is 1. The second kappa shape index (κ2) is 13.7. The Balaban J connectivity index is 1.79. The molecule has 9 heteroatoms. The van der Waals surface area contributed by atoms with Crippen LogP contribution in [0, 0.1) is 13.8 Å². The predicted molar refractivity (Wildman–Crippen MR) is 167 cm³/mol. The van der Waals surface area contributed by atoms with Gasteiger partial charge in [0.2, 0.25) is 11.8 Å². The average molecular weight is 604 g/mol. The van der Waals surface area contributed by atoms with Crippen molar-refractivity contribution in [2.24, 2.45) is 0 Å². The van der Waals surface area contributed by atoms with E-state index in [1.54, 1.807) is 24.3 Å². The summed E-state index contributed by atoms with van der Waals surface area (Å²) in [4.78, 5) is 29.1. The fourth-order valence-electron chi connectivity index (χ4n) is 4.60. The minimum Gasteiger partial charge on any atom is -0.357 e. The molecule has 7 nitrogen and oxygen atoms in total. The predicted octanol–water partition coefficient (Wildman–Crippen LogP) is 5.54. The molecule has 42 heavy (non-hydrogen) atoms. The number of sulfonamides is 1. The second-order valence-electron chi connectivity index (χ2n) is 10.1. The van der Waals surface area contributed by atoms with E-state index in [2.05, 4.69) is 5.32 Å². The fraction of sp³-hybridized carbons (Fsp3) is 0.212. The maximum atomic E-state index is 14.3. The van der Waals surface area contributed by atoms with Gasteiger partial charge in [-0.2, -0.15) is 0 Å². The molecular formula is C33H34ClN3O4S. The quantitative estimate of drug-likeness (QED) is 0.244. The standard InChI is InChI=1S/C33H34ClN3O4S/c1-24-14-18-29(19-15-24)42(40,41)37(28-17-16-25(2)30(34)21-28)23-32(38)36(22-27-12-8-5-9-13-27)31(33(39)35-3)20-26-10-6-4-7-11-26/h4-19,21,31H,20,22-23H2,1-3H3,(H,35,39)/t31-/m1/s1. The minimum atomic E-state index is -4.19. The van der Waals surface area contributed by atoms with E-state index in [4.69, 9.17) is 11.6 Å². The zero-order valence-electron chi connectivity index (χ0n) is 23.8. The molecule has 4 aromatic carbocycles. The van der Waals surface area contributed by atoms with Crippen molar-refractivity contribution >= 4 is 39.1 Å². The van der Waals surface area contributed by atoms with Crippen molar-refractivity contribution in [3.05, 3.63) is 130 Å². The molecule has 0 aliphatic carbocycles. The first kappa shape index (κ1) is 30.8. The Hall–Kier alpha value is -4.14. The van der Waals surface area contributed by atoms with Crippen molar-refractivity contribution in [1.29, 1.82) is 0 Å². The maximum absolute atomic E-state index is 14.3. The van der Waals surface area contributed by atoms with E-state index < -0.39 is 28.5 Å². The number of amides is 2. The molecule has 4 aromatic rings. The maximum Gasteiger partial charge on any atom is 0.264 e. The summed E-state index contributed by atoms with van der Waals surface area (Å²) in [5, 5.41) is 3.06. The zero-order chi connectivity index (χ0) is 30.3. The Morgan fingerprint density at radius 2 is 1.43 bits per heavy atom. The lowest BCUT2D eigenvalue weighted by Crippen LogP contribution is -2.53. The van der Waals surface area contributed by atoms with E-state index in [9.17, 15) is 18.0 Å². The van der Waals surface area contributed by atoms with E-state index in [1.165, 1.54) is 30.1 Å². The summed E-state index contributed by atoms with van der Waals surface area (Å²) in [6.07, 6.45) is 0.250. The van der Waals surface area contributed by atoms with Crippen LogP contribution in [-0.2, 0) is 32.6 Å². The van der Waals surface area contributed by atoms with Gasteiger partial charge in [-0.25, -0.2) is 8.42 Å². The van der Waals surface area contributed by atoms with E-state index in [-0.39, 0.29) is 29.5 Å². The van der Waals surface area contributed by atoms with Crippen LogP contribution in [0.3, 0.4) is 0 Å². The van der Waals surface area contributed by atoms with Crippen LogP contribution in [0.2, 0.25) is 5.02 Å². The molecular weight excluding hydrogens is 570 g/mol. The molecule has 0 unspecified atom stereocenters. The van der Waals surface area contributed by atoms with Gasteiger partial charge in [-0.05, 0) is 54.8 Å². The van der Waals surface area contributed by atoms with Gasteiger partial charge in [0.15, 0.2) is 0 Å². The number of hydrogen-bond donors (Lipinski definition) is 1. The summed E-state index contributed by atoms with van der Waals surface area (Å²) >= 11 is 6.41. The summed E-state index contributed by atoms with van der Waals surface area (Å²) in [6.45, 7) is 3.25. The Morgan fingerprint density at radius 3 is 2.00 bits per heavy atom. The highest BCUT2D eigenvalue weighted by atomic mass is 35.5. The van der Waals surface area contributed by atoms with E-state index >= 15 is 0 Å². The van der Waals surface area contributed by atoms with Crippen LogP contribution in [0.1, 0.15) is 22.3 Å². The summed E-state index contributed by atoms with van der Waals surface area (Å²) in [5.74, 6) is -0.884. The van der Waals surface area contributed by atoms with Gasteiger partial charge in [0, 0.05) is 25.0 Å². The Morgan fingerprint density at radius 1 is 0.833 bits per heavy atom. The van der Waals surface area contributed by atoms with Gasteiger partial charge in [-0.1, -0.05) is 96.0 Å². The molecule has 0 fully saturated rings. The third-order valence-electron chi connectivity index (χ3n) is 7.04. The van der Waals surface area contributed by atoms with Crippen LogP contribution in [0.5, 0.6) is 0 Å². The lowest BCUT2D eigenvalue weighted by Gasteiger charge is -2.33. The highest BCUT2D eigenvalue weighted by Crippen LogP contribution is 2.29. The highest BCUT2D eigenvalue weighted by molar-refractivity contribution is 7.92. The van der Waals surface area contributed by atoms with E-state index in [1.807, 2.05) is 74.5 Å².